The maximum absolute atomic E-state index is 12.8. The normalized spacial score (nSPS) is 10.4. The lowest BCUT2D eigenvalue weighted by Gasteiger charge is -2.13. The summed E-state index contributed by atoms with van der Waals surface area (Å²) in [6, 6.07) is 10.9. The quantitative estimate of drug-likeness (QED) is 0.694. The number of aryl methyl sites for hydroxylation is 1. The van der Waals surface area contributed by atoms with Gasteiger partial charge in [-0.05, 0) is 42.8 Å². The molecule has 0 aliphatic carbocycles. The van der Waals surface area contributed by atoms with Crippen molar-refractivity contribution < 1.29 is 19.0 Å². The summed E-state index contributed by atoms with van der Waals surface area (Å²) in [5.74, 6) is 1.62. The number of benzene rings is 2. The molecule has 2 N–H and O–H groups in total. The molecule has 140 valence electrons. The molecular weight excluding hydrogens is 346 g/mol. The van der Waals surface area contributed by atoms with E-state index in [1.54, 1.807) is 27.4 Å². The van der Waals surface area contributed by atoms with E-state index < -0.39 is 0 Å². The van der Waals surface area contributed by atoms with E-state index in [-0.39, 0.29) is 5.91 Å². The molecule has 7 heteroatoms. The SMILES string of the molecule is COc1ccc(-c2[nH]ncc2C(=O)Nc2cc(OC)c(OC)cc2C)cc1. The van der Waals surface area contributed by atoms with Crippen LogP contribution in [0, 0.1) is 6.92 Å². The average molecular weight is 367 g/mol. The number of hydrogen-bond acceptors (Lipinski definition) is 5. The molecule has 0 fully saturated rings. The molecule has 3 aromatic rings. The smallest absolute Gasteiger partial charge is 0.259 e. The first-order chi connectivity index (χ1) is 13.1. The minimum absolute atomic E-state index is 0.273. The number of aromatic amines is 1. The van der Waals surface area contributed by atoms with Gasteiger partial charge < -0.3 is 19.5 Å². The van der Waals surface area contributed by atoms with E-state index in [0.29, 0.717) is 28.4 Å². The number of nitrogens with zero attached hydrogens (tertiary/aromatic N) is 1. The number of amides is 1. The number of carbonyl (C=O) groups excluding carboxylic acids is 1. The zero-order valence-electron chi connectivity index (χ0n) is 15.6. The van der Waals surface area contributed by atoms with Crippen molar-refractivity contribution in [2.45, 2.75) is 6.92 Å². The third-order valence-electron chi connectivity index (χ3n) is 4.24. The van der Waals surface area contributed by atoms with Crippen molar-refractivity contribution in [3.05, 3.63) is 53.7 Å². The van der Waals surface area contributed by atoms with Crippen molar-refractivity contribution >= 4 is 11.6 Å². The second kappa shape index (κ2) is 7.82. The number of anilines is 1. The van der Waals surface area contributed by atoms with Crippen LogP contribution >= 0.6 is 0 Å². The zero-order valence-corrected chi connectivity index (χ0v) is 15.6. The number of nitrogens with one attached hydrogen (secondary N) is 2. The van der Waals surface area contributed by atoms with Crippen molar-refractivity contribution in [2.75, 3.05) is 26.6 Å². The summed E-state index contributed by atoms with van der Waals surface area (Å²) in [5, 5.41) is 9.82. The highest BCUT2D eigenvalue weighted by Gasteiger charge is 2.17. The molecule has 1 amide bonds. The van der Waals surface area contributed by atoms with Crippen LogP contribution in [0.4, 0.5) is 5.69 Å². The van der Waals surface area contributed by atoms with Gasteiger partial charge >= 0.3 is 0 Å². The summed E-state index contributed by atoms with van der Waals surface area (Å²) in [6.45, 7) is 1.89. The molecule has 0 spiro atoms. The van der Waals surface area contributed by atoms with Gasteiger partial charge in [-0.2, -0.15) is 5.10 Å². The summed E-state index contributed by atoms with van der Waals surface area (Å²) in [7, 11) is 4.73. The molecule has 27 heavy (non-hydrogen) atoms. The van der Waals surface area contributed by atoms with Gasteiger partial charge in [-0.25, -0.2) is 0 Å². The second-order valence-electron chi connectivity index (χ2n) is 5.86. The summed E-state index contributed by atoms with van der Waals surface area (Å²) < 4.78 is 15.8. The molecule has 1 heterocycles. The Morgan fingerprint density at radius 1 is 1.00 bits per heavy atom. The van der Waals surface area contributed by atoms with Crippen molar-refractivity contribution in [2.24, 2.45) is 0 Å². The van der Waals surface area contributed by atoms with Gasteiger partial charge in [0.25, 0.3) is 5.91 Å². The van der Waals surface area contributed by atoms with Crippen LogP contribution in [0.25, 0.3) is 11.3 Å². The summed E-state index contributed by atoms with van der Waals surface area (Å²) >= 11 is 0. The molecule has 0 radical (unpaired) electrons. The first-order valence-electron chi connectivity index (χ1n) is 8.29. The van der Waals surface area contributed by atoms with E-state index >= 15 is 0 Å². The Morgan fingerprint density at radius 2 is 1.67 bits per heavy atom. The van der Waals surface area contributed by atoms with Gasteiger partial charge in [0.05, 0.1) is 38.8 Å². The molecule has 1 aromatic heterocycles. The largest absolute Gasteiger partial charge is 0.497 e. The zero-order chi connectivity index (χ0) is 19.4. The molecule has 0 bridgehead atoms. The summed E-state index contributed by atoms with van der Waals surface area (Å²) in [5.41, 5.74) is 3.40. The highest BCUT2D eigenvalue weighted by molar-refractivity contribution is 6.08. The monoisotopic (exact) mass is 367 g/mol. The highest BCUT2D eigenvalue weighted by atomic mass is 16.5. The Morgan fingerprint density at radius 3 is 2.30 bits per heavy atom. The van der Waals surface area contributed by atoms with E-state index in [2.05, 4.69) is 15.5 Å². The number of rotatable bonds is 6. The first kappa shape index (κ1) is 18.3. The third-order valence-corrected chi connectivity index (χ3v) is 4.24. The fourth-order valence-electron chi connectivity index (χ4n) is 2.74. The number of ether oxygens (including phenoxy) is 3. The number of carbonyl (C=O) groups is 1. The Kier molecular flexibility index (Phi) is 5.30. The minimum atomic E-state index is -0.273. The number of aromatic nitrogens is 2. The fourth-order valence-corrected chi connectivity index (χ4v) is 2.74. The van der Waals surface area contributed by atoms with E-state index in [1.165, 1.54) is 6.20 Å². The molecule has 7 nitrogen and oxygen atoms in total. The van der Waals surface area contributed by atoms with Gasteiger partial charge in [0.15, 0.2) is 11.5 Å². The topological polar surface area (TPSA) is 85.5 Å². The van der Waals surface area contributed by atoms with E-state index in [1.807, 2.05) is 37.3 Å². The lowest BCUT2D eigenvalue weighted by Crippen LogP contribution is -2.13. The van der Waals surface area contributed by atoms with E-state index in [0.717, 1.165) is 16.9 Å². The van der Waals surface area contributed by atoms with Crippen LogP contribution in [0.5, 0.6) is 17.2 Å². The van der Waals surface area contributed by atoms with Crippen LogP contribution in [0.3, 0.4) is 0 Å². The van der Waals surface area contributed by atoms with Crippen molar-refractivity contribution in [3.8, 4) is 28.5 Å². The lowest BCUT2D eigenvalue weighted by atomic mass is 10.1. The van der Waals surface area contributed by atoms with Crippen molar-refractivity contribution in [3.63, 3.8) is 0 Å². The second-order valence-corrected chi connectivity index (χ2v) is 5.86. The van der Waals surface area contributed by atoms with Gasteiger partial charge in [-0.3, -0.25) is 9.89 Å². The van der Waals surface area contributed by atoms with Gasteiger partial charge in [0, 0.05) is 17.3 Å². The van der Waals surface area contributed by atoms with E-state index in [9.17, 15) is 4.79 Å². The molecular formula is C20H21N3O4. The third kappa shape index (κ3) is 3.72. The summed E-state index contributed by atoms with van der Waals surface area (Å²) in [4.78, 5) is 12.8. The number of H-pyrrole nitrogens is 1. The maximum Gasteiger partial charge on any atom is 0.259 e. The van der Waals surface area contributed by atoms with Gasteiger partial charge in [0.2, 0.25) is 0 Å². The van der Waals surface area contributed by atoms with Gasteiger partial charge in [-0.1, -0.05) is 0 Å². The molecule has 0 saturated carbocycles. The van der Waals surface area contributed by atoms with Gasteiger partial charge in [-0.15, -0.1) is 0 Å². The van der Waals surface area contributed by atoms with E-state index in [4.69, 9.17) is 14.2 Å². The maximum atomic E-state index is 12.8. The lowest BCUT2D eigenvalue weighted by molar-refractivity contribution is 0.102. The predicted molar refractivity (Wildman–Crippen MR) is 103 cm³/mol. The molecule has 2 aromatic carbocycles. The molecule has 0 atom stereocenters. The first-order valence-corrected chi connectivity index (χ1v) is 8.29. The number of hydrogen-bond donors (Lipinski definition) is 2. The molecule has 0 unspecified atom stereocenters. The molecule has 0 aliphatic rings. The molecule has 0 aliphatic heterocycles. The molecule has 0 saturated heterocycles. The fraction of sp³-hybridized carbons (Fsp3) is 0.200. The standard InChI is InChI=1S/C20H21N3O4/c1-12-9-17(26-3)18(27-4)10-16(12)22-20(24)15-11-21-23-19(15)13-5-7-14(25-2)8-6-13/h5-11H,1-4H3,(H,21,23)(H,22,24). The minimum Gasteiger partial charge on any atom is -0.497 e. The molecule has 3 rings (SSSR count). The average Bonchev–Trinajstić information content (AvgIpc) is 3.19. The van der Waals surface area contributed by atoms with Crippen LogP contribution < -0.4 is 19.5 Å². The van der Waals surface area contributed by atoms with Crippen molar-refractivity contribution in [1.82, 2.24) is 10.2 Å². The number of methoxy groups -OCH3 is 3. The van der Waals surface area contributed by atoms with Gasteiger partial charge in [0.1, 0.15) is 5.75 Å². The summed E-state index contributed by atoms with van der Waals surface area (Å²) in [6.07, 6.45) is 1.50. The van der Waals surface area contributed by atoms with Crippen LogP contribution in [0.2, 0.25) is 0 Å². The predicted octanol–water partition coefficient (Wildman–Crippen LogP) is 3.66. The van der Waals surface area contributed by atoms with Crippen molar-refractivity contribution in [1.29, 1.82) is 0 Å². The Bertz CT molecular complexity index is 948. The van der Waals surface area contributed by atoms with Crippen LogP contribution in [-0.4, -0.2) is 37.4 Å². The van der Waals surface area contributed by atoms with Crippen LogP contribution in [0.1, 0.15) is 15.9 Å². The van der Waals surface area contributed by atoms with Crippen LogP contribution in [-0.2, 0) is 0 Å². The Balaban J connectivity index is 1.89. The highest BCUT2D eigenvalue weighted by Crippen LogP contribution is 2.33. The Labute approximate surface area is 157 Å². The van der Waals surface area contributed by atoms with Crippen LogP contribution in [0.15, 0.2) is 42.6 Å². The Hall–Kier alpha value is -3.48.